The molecule has 0 aromatic heterocycles. The molecular weight excluding hydrogens is 490 g/mol. The summed E-state index contributed by atoms with van der Waals surface area (Å²) >= 11 is 0. The van der Waals surface area contributed by atoms with Gasteiger partial charge in [-0.05, 0) is 31.8 Å². The lowest BCUT2D eigenvalue weighted by atomic mass is 9.93. The number of carboxylic acids is 2. The third-order valence-electron chi connectivity index (χ3n) is 5.14. The van der Waals surface area contributed by atoms with E-state index in [0.29, 0.717) is 17.9 Å². The summed E-state index contributed by atoms with van der Waals surface area (Å²) in [6.07, 6.45) is -9.74. The van der Waals surface area contributed by atoms with E-state index < -0.39 is 24.3 Å². The Bertz CT molecular complexity index is 809. The quantitative estimate of drug-likeness (QED) is 0.575. The van der Waals surface area contributed by atoms with E-state index in [4.69, 9.17) is 29.3 Å². The lowest BCUT2D eigenvalue weighted by molar-refractivity contribution is -0.193. The molecule has 0 unspecified atom stereocenters. The first-order valence-corrected chi connectivity index (χ1v) is 10.3. The van der Waals surface area contributed by atoms with Crippen LogP contribution in [-0.4, -0.2) is 97.9 Å². The van der Waals surface area contributed by atoms with Crippen molar-refractivity contribution in [3.63, 3.8) is 0 Å². The smallest absolute Gasteiger partial charge is 0.490 e. The van der Waals surface area contributed by atoms with Gasteiger partial charge in [-0.25, -0.2) is 9.59 Å². The lowest BCUT2D eigenvalue weighted by Gasteiger charge is -2.22. The first-order chi connectivity index (χ1) is 16.0. The normalized spacial score (nSPS) is 21.9. The number of likely N-dealkylation sites (tertiary alicyclic amines) is 1. The average molecular weight is 518 g/mol. The van der Waals surface area contributed by atoms with Crippen LogP contribution >= 0.6 is 0 Å². The maximum atomic E-state index is 10.6. The number of methoxy groups -OCH3 is 1. The Morgan fingerprint density at radius 1 is 1.09 bits per heavy atom. The highest BCUT2D eigenvalue weighted by Crippen LogP contribution is 2.34. The van der Waals surface area contributed by atoms with E-state index >= 15 is 0 Å². The molecular formula is C21H28F6N2O6. The molecule has 0 radical (unpaired) electrons. The number of fused-ring (bicyclic) bond motifs is 1. The molecule has 0 saturated carbocycles. The number of carboxylic acid groups (broad SMARTS) is 2. The van der Waals surface area contributed by atoms with E-state index in [2.05, 4.69) is 42.1 Å². The summed E-state index contributed by atoms with van der Waals surface area (Å²) in [5, 5.41) is 14.2. The summed E-state index contributed by atoms with van der Waals surface area (Å²) in [7, 11) is 6.02. The van der Waals surface area contributed by atoms with E-state index in [-0.39, 0.29) is 0 Å². The van der Waals surface area contributed by atoms with Crippen molar-refractivity contribution in [2.75, 3.05) is 47.4 Å². The molecule has 0 amide bonds. The van der Waals surface area contributed by atoms with Crippen molar-refractivity contribution >= 4 is 11.9 Å². The SMILES string of the molecule is COc1cccc(CN2C[C@@H]3[C@@H](CN(C)C)CO[C@@H]3C2)c1.O=C(O)C(F)(F)F.O=C(O)C(F)(F)F. The number of carbonyl (C=O) groups is 2. The predicted octanol–water partition coefficient (Wildman–Crippen LogP) is 2.97. The van der Waals surface area contributed by atoms with Crippen LogP contribution in [0.2, 0.25) is 0 Å². The summed E-state index contributed by atoms with van der Waals surface area (Å²) in [6.45, 7) is 5.27. The molecule has 0 bridgehead atoms. The van der Waals surface area contributed by atoms with Crippen LogP contribution in [0.4, 0.5) is 26.3 Å². The fourth-order valence-electron chi connectivity index (χ4n) is 3.70. The zero-order valence-electron chi connectivity index (χ0n) is 19.3. The van der Waals surface area contributed by atoms with Gasteiger partial charge in [-0.2, -0.15) is 26.3 Å². The van der Waals surface area contributed by atoms with Crippen molar-refractivity contribution in [2.24, 2.45) is 11.8 Å². The highest BCUT2D eigenvalue weighted by atomic mass is 19.4. The highest BCUT2D eigenvalue weighted by Gasteiger charge is 2.43. The van der Waals surface area contributed by atoms with Crippen LogP contribution in [0.1, 0.15) is 5.56 Å². The first-order valence-electron chi connectivity index (χ1n) is 10.3. The molecule has 0 aliphatic carbocycles. The van der Waals surface area contributed by atoms with Crippen molar-refractivity contribution in [1.29, 1.82) is 0 Å². The molecule has 3 rings (SSSR count). The Balaban J connectivity index is 0.000000362. The summed E-state index contributed by atoms with van der Waals surface area (Å²) in [5.74, 6) is -3.20. The Morgan fingerprint density at radius 3 is 2.09 bits per heavy atom. The fraction of sp³-hybridized carbons (Fsp3) is 0.619. The molecule has 14 heteroatoms. The first kappa shape index (κ1) is 30.5. The van der Waals surface area contributed by atoms with Gasteiger partial charge in [0.1, 0.15) is 5.75 Å². The van der Waals surface area contributed by atoms with Crippen LogP contribution in [0, 0.1) is 11.8 Å². The van der Waals surface area contributed by atoms with Gasteiger partial charge in [-0.3, -0.25) is 4.90 Å². The Morgan fingerprint density at radius 2 is 1.63 bits per heavy atom. The van der Waals surface area contributed by atoms with Crippen LogP contribution in [0.3, 0.4) is 0 Å². The number of hydrogen-bond donors (Lipinski definition) is 2. The topological polar surface area (TPSA) is 99.5 Å². The Kier molecular flexibility index (Phi) is 11.2. The van der Waals surface area contributed by atoms with Gasteiger partial charge in [0.2, 0.25) is 0 Å². The second-order valence-electron chi connectivity index (χ2n) is 8.21. The van der Waals surface area contributed by atoms with Gasteiger partial charge in [0, 0.05) is 38.0 Å². The number of rotatable bonds is 5. The van der Waals surface area contributed by atoms with Crippen molar-refractivity contribution in [2.45, 2.75) is 25.0 Å². The van der Waals surface area contributed by atoms with Gasteiger partial charge in [-0.1, -0.05) is 12.1 Å². The molecule has 2 fully saturated rings. The number of hydrogen-bond acceptors (Lipinski definition) is 6. The number of aliphatic carboxylic acids is 2. The van der Waals surface area contributed by atoms with E-state index in [1.54, 1.807) is 7.11 Å². The van der Waals surface area contributed by atoms with Crippen molar-refractivity contribution in [3.05, 3.63) is 29.8 Å². The van der Waals surface area contributed by atoms with Crippen molar-refractivity contribution in [1.82, 2.24) is 9.80 Å². The number of benzene rings is 1. The summed E-state index contributed by atoms with van der Waals surface area (Å²) in [5.41, 5.74) is 1.32. The van der Waals surface area contributed by atoms with Crippen LogP contribution in [0.15, 0.2) is 24.3 Å². The second kappa shape index (κ2) is 12.9. The third kappa shape index (κ3) is 10.7. The van der Waals surface area contributed by atoms with E-state index in [1.807, 2.05) is 6.07 Å². The maximum absolute atomic E-state index is 10.6. The fourth-order valence-corrected chi connectivity index (χ4v) is 3.70. The molecule has 200 valence electrons. The lowest BCUT2D eigenvalue weighted by Crippen LogP contribution is -2.30. The van der Waals surface area contributed by atoms with Crippen LogP contribution < -0.4 is 4.74 Å². The van der Waals surface area contributed by atoms with Gasteiger partial charge in [0.15, 0.2) is 0 Å². The zero-order chi connectivity index (χ0) is 27.0. The minimum atomic E-state index is -5.08. The molecule has 2 saturated heterocycles. The standard InChI is InChI=1S/C17H26N2O2.2C2HF3O2/c1-18(2)9-14-12-21-17-11-19(10-16(14)17)8-13-5-4-6-15(7-13)20-3;2*3-2(4,5)1(6)7/h4-7,14,16-17H,8-12H2,1-3H3;2*(H,6,7)/t14-,16+,17+;;/m0../s1. The van der Waals surface area contributed by atoms with Gasteiger partial charge in [-0.15, -0.1) is 0 Å². The number of alkyl halides is 6. The maximum Gasteiger partial charge on any atom is 0.490 e. The van der Waals surface area contributed by atoms with Gasteiger partial charge in [0.25, 0.3) is 0 Å². The molecule has 2 aliphatic heterocycles. The Labute approximate surface area is 198 Å². The number of halogens is 6. The number of ether oxygens (including phenoxy) is 2. The van der Waals surface area contributed by atoms with E-state index in [0.717, 1.165) is 38.5 Å². The van der Waals surface area contributed by atoms with Crippen molar-refractivity contribution in [3.8, 4) is 5.75 Å². The monoisotopic (exact) mass is 518 g/mol. The highest BCUT2D eigenvalue weighted by molar-refractivity contribution is 5.73. The molecule has 8 nitrogen and oxygen atoms in total. The van der Waals surface area contributed by atoms with Gasteiger partial charge in [0.05, 0.1) is 19.8 Å². The van der Waals surface area contributed by atoms with E-state index in [9.17, 15) is 26.3 Å². The van der Waals surface area contributed by atoms with Gasteiger partial charge >= 0.3 is 24.3 Å². The summed E-state index contributed by atoms with van der Waals surface area (Å²) in [4.78, 5) is 22.6. The largest absolute Gasteiger partial charge is 0.497 e. The summed E-state index contributed by atoms with van der Waals surface area (Å²) in [6, 6.07) is 8.37. The molecule has 3 atom stereocenters. The molecule has 1 aromatic rings. The average Bonchev–Trinajstić information content (AvgIpc) is 3.28. The minimum absolute atomic E-state index is 0.431. The Hall–Kier alpha value is -2.58. The second-order valence-corrected chi connectivity index (χ2v) is 8.21. The summed E-state index contributed by atoms with van der Waals surface area (Å²) < 4.78 is 74.8. The van der Waals surface area contributed by atoms with Crippen molar-refractivity contribution < 1.29 is 55.6 Å². The molecule has 2 aliphatic rings. The van der Waals surface area contributed by atoms with E-state index in [1.165, 1.54) is 5.56 Å². The zero-order valence-corrected chi connectivity index (χ0v) is 19.3. The molecule has 0 spiro atoms. The van der Waals surface area contributed by atoms with Crippen LogP contribution in [0.5, 0.6) is 5.75 Å². The molecule has 35 heavy (non-hydrogen) atoms. The van der Waals surface area contributed by atoms with Crippen LogP contribution in [-0.2, 0) is 20.9 Å². The van der Waals surface area contributed by atoms with Crippen LogP contribution in [0.25, 0.3) is 0 Å². The van der Waals surface area contributed by atoms with Gasteiger partial charge < -0.3 is 24.6 Å². The predicted molar refractivity (Wildman–Crippen MR) is 111 cm³/mol. The number of nitrogens with zero attached hydrogens (tertiary/aromatic N) is 2. The minimum Gasteiger partial charge on any atom is -0.497 e. The molecule has 2 heterocycles. The third-order valence-corrected chi connectivity index (χ3v) is 5.14. The molecule has 1 aromatic carbocycles. The molecule has 2 N–H and O–H groups in total.